The molecule has 0 spiro atoms. The topological polar surface area (TPSA) is 117 Å². The molecule has 28 heavy (non-hydrogen) atoms. The molecule has 0 aromatic carbocycles. The van der Waals surface area contributed by atoms with Crippen LogP contribution in [0.15, 0.2) is 24.7 Å². The maximum atomic E-state index is 8.69. The van der Waals surface area contributed by atoms with Gasteiger partial charge < -0.3 is 25.4 Å². The number of hydrogen-bond donors (Lipinski definition) is 3. The molecule has 0 aliphatic carbocycles. The highest BCUT2D eigenvalue weighted by Gasteiger charge is 2.04. The molecule has 0 unspecified atom stereocenters. The fourth-order valence-electron chi connectivity index (χ4n) is 2.13. The van der Waals surface area contributed by atoms with Crippen molar-refractivity contribution >= 4 is 17.3 Å². The zero-order chi connectivity index (χ0) is 20.0. The number of ether oxygens (including phenoxy) is 2. The first-order valence-electron chi connectivity index (χ1n) is 8.70. The van der Waals surface area contributed by atoms with Gasteiger partial charge in [0.1, 0.15) is 24.3 Å². The molecule has 0 bridgehead atoms. The van der Waals surface area contributed by atoms with Crippen LogP contribution in [0.2, 0.25) is 0 Å². The second kappa shape index (κ2) is 12.2. The number of pyridine rings is 1. The van der Waals surface area contributed by atoms with E-state index in [4.69, 9.17) is 14.7 Å². The van der Waals surface area contributed by atoms with E-state index in [2.05, 4.69) is 42.7 Å². The Morgan fingerprint density at radius 2 is 1.96 bits per heavy atom. The molecule has 0 atom stereocenters. The minimum atomic E-state index is 0.262. The van der Waals surface area contributed by atoms with Gasteiger partial charge in [-0.15, -0.1) is 0 Å². The monoisotopic (exact) mass is 381 g/mol. The molecule has 0 radical (unpaired) electrons. The number of methoxy groups -OCH3 is 1. The van der Waals surface area contributed by atoms with Gasteiger partial charge in [0, 0.05) is 39.5 Å². The number of rotatable bonds is 4. The summed E-state index contributed by atoms with van der Waals surface area (Å²) >= 11 is 0. The Morgan fingerprint density at radius 3 is 2.50 bits per heavy atom. The molecule has 3 N–H and O–H groups in total. The molecular weight excluding hydrogens is 358 g/mol. The molecule has 9 heteroatoms. The predicted octanol–water partition coefficient (Wildman–Crippen LogP) is 1.13. The third-order valence-electron chi connectivity index (χ3n) is 3.48. The molecule has 146 valence electrons. The number of aromatic nitrogens is 3. The highest BCUT2D eigenvalue weighted by molar-refractivity contribution is 5.65. The molecule has 1 saturated heterocycles. The van der Waals surface area contributed by atoms with E-state index >= 15 is 0 Å². The molecule has 9 nitrogen and oxygen atoms in total. The Morgan fingerprint density at radius 1 is 1.18 bits per heavy atom. The summed E-state index contributed by atoms with van der Waals surface area (Å²) < 4.78 is 9.90. The maximum absolute atomic E-state index is 8.69. The Hall–Kier alpha value is -3.24. The lowest BCUT2D eigenvalue weighted by atomic mass is 10.2. The van der Waals surface area contributed by atoms with Crippen molar-refractivity contribution in [1.82, 2.24) is 20.3 Å². The number of nitrogens with one attached hydrogen (secondary N) is 3. The Bertz CT molecular complexity index is 823. The molecular formula is C19H23N7O2. The predicted molar refractivity (Wildman–Crippen MR) is 106 cm³/mol. The van der Waals surface area contributed by atoms with Gasteiger partial charge in [-0.05, 0) is 0 Å². The quantitative estimate of drug-likeness (QED) is 0.670. The van der Waals surface area contributed by atoms with Crippen molar-refractivity contribution in [2.45, 2.75) is 0 Å². The number of hydrogen-bond acceptors (Lipinski definition) is 9. The van der Waals surface area contributed by atoms with Crippen LogP contribution in [0, 0.1) is 23.2 Å². The van der Waals surface area contributed by atoms with Gasteiger partial charge in [-0.25, -0.2) is 15.0 Å². The molecule has 1 aliphatic heterocycles. The smallest absolute Gasteiger partial charge is 0.158 e. The van der Waals surface area contributed by atoms with Crippen molar-refractivity contribution in [3.8, 4) is 17.9 Å². The molecule has 0 amide bonds. The molecule has 1 fully saturated rings. The molecule has 2 aromatic heterocycles. The van der Waals surface area contributed by atoms with Crippen LogP contribution in [0.25, 0.3) is 0 Å². The van der Waals surface area contributed by atoms with Crippen LogP contribution >= 0.6 is 0 Å². The standard InChI is InChI=1S/C15H14N6O.C4H9NO/c1-17-13-6-14(19-8-11(13)4-3-5-22-2)21-15-10-18-12(7-16)9-20-15;1-3-6-4-2-5-1/h6,8-10H,5H2,1-2H3,(H2,17,19,20,21);5H,1-4H2. The third kappa shape index (κ3) is 7.17. The number of anilines is 3. The minimum absolute atomic E-state index is 0.262. The largest absolute Gasteiger partial charge is 0.387 e. The fourth-order valence-corrected chi connectivity index (χ4v) is 2.13. The van der Waals surface area contributed by atoms with Crippen molar-refractivity contribution in [3.05, 3.63) is 35.9 Å². The lowest BCUT2D eigenvalue weighted by Crippen LogP contribution is -2.30. The van der Waals surface area contributed by atoms with Gasteiger partial charge in [0.15, 0.2) is 5.69 Å². The van der Waals surface area contributed by atoms with Gasteiger partial charge in [0.2, 0.25) is 0 Å². The highest BCUT2D eigenvalue weighted by Crippen LogP contribution is 2.19. The zero-order valence-corrected chi connectivity index (χ0v) is 16.0. The van der Waals surface area contributed by atoms with Gasteiger partial charge in [-0.2, -0.15) is 5.26 Å². The first-order valence-corrected chi connectivity index (χ1v) is 8.70. The third-order valence-corrected chi connectivity index (χ3v) is 3.48. The van der Waals surface area contributed by atoms with Crippen molar-refractivity contribution < 1.29 is 9.47 Å². The summed E-state index contributed by atoms with van der Waals surface area (Å²) in [5.74, 6) is 6.97. The Labute approximate surface area is 164 Å². The van der Waals surface area contributed by atoms with Gasteiger partial charge in [0.05, 0.1) is 36.9 Å². The molecule has 2 aromatic rings. The van der Waals surface area contributed by atoms with Crippen LogP contribution in [0.5, 0.6) is 0 Å². The first-order chi connectivity index (χ1) is 13.8. The molecule has 3 rings (SSSR count). The Kier molecular flexibility index (Phi) is 9.18. The summed E-state index contributed by atoms with van der Waals surface area (Å²) in [6, 6.07) is 3.73. The summed E-state index contributed by atoms with van der Waals surface area (Å²) in [5.41, 5.74) is 1.87. The fraction of sp³-hybridized carbons (Fsp3) is 0.368. The van der Waals surface area contributed by atoms with Gasteiger partial charge in [-0.3, -0.25) is 0 Å². The van der Waals surface area contributed by atoms with Crippen LogP contribution < -0.4 is 16.0 Å². The Balaban J connectivity index is 0.000000397. The van der Waals surface area contributed by atoms with Crippen molar-refractivity contribution in [3.63, 3.8) is 0 Å². The number of nitrogens with zero attached hydrogens (tertiary/aromatic N) is 4. The highest BCUT2D eigenvalue weighted by atomic mass is 16.5. The van der Waals surface area contributed by atoms with Gasteiger partial charge >= 0.3 is 0 Å². The molecule has 0 saturated carbocycles. The van der Waals surface area contributed by atoms with Crippen molar-refractivity contribution in [1.29, 1.82) is 5.26 Å². The SMILES string of the molecule is C1COCCN1.CNc1cc(Nc2cnc(C#N)cn2)ncc1C#CCOC. The summed E-state index contributed by atoms with van der Waals surface area (Å²) in [5, 5.41) is 17.9. The first kappa shape index (κ1) is 21.1. The maximum Gasteiger partial charge on any atom is 0.158 e. The van der Waals surface area contributed by atoms with Crippen LogP contribution in [0.1, 0.15) is 11.3 Å². The van der Waals surface area contributed by atoms with E-state index in [0.717, 1.165) is 37.6 Å². The van der Waals surface area contributed by atoms with Crippen molar-refractivity contribution in [2.75, 3.05) is 57.7 Å². The molecule has 1 aliphatic rings. The van der Waals surface area contributed by atoms with Gasteiger partial charge in [-0.1, -0.05) is 11.8 Å². The normalized spacial score (nSPS) is 12.5. The summed E-state index contributed by atoms with van der Waals surface area (Å²) in [4.78, 5) is 12.3. The number of nitriles is 1. The van der Waals surface area contributed by atoms with Crippen molar-refractivity contribution in [2.24, 2.45) is 0 Å². The lowest BCUT2D eigenvalue weighted by Gasteiger charge is -2.10. The van der Waals surface area contributed by atoms with Crippen LogP contribution in [0.4, 0.5) is 17.3 Å². The van der Waals surface area contributed by atoms with E-state index in [1.807, 2.05) is 19.2 Å². The summed E-state index contributed by atoms with van der Waals surface area (Å²) in [7, 11) is 3.40. The number of morpholine rings is 1. The summed E-state index contributed by atoms with van der Waals surface area (Å²) in [6.45, 7) is 4.20. The van der Waals surface area contributed by atoms with Crippen LogP contribution in [-0.2, 0) is 9.47 Å². The average molecular weight is 381 g/mol. The van der Waals surface area contributed by atoms with E-state index in [-0.39, 0.29) is 5.69 Å². The lowest BCUT2D eigenvalue weighted by molar-refractivity contribution is 0.109. The van der Waals surface area contributed by atoms with Gasteiger partial charge in [0.25, 0.3) is 0 Å². The van der Waals surface area contributed by atoms with Crippen LogP contribution in [0.3, 0.4) is 0 Å². The van der Waals surface area contributed by atoms with E-state index in [9.17, 15) is 0 Å². The van der Waals surface area contributed by atoms with E-state index in [0.29, 0.717) is 18.2 Å². The van der Waals surface area contributed by atoms with E-state index in [1.54, 1.807) is 13.3 Å². The second-order valence-corrected chi connectivity index (χ2v) is 5.49. The molecule has 3 heterocycles. The van der Waals surface area contributed by atoms with E-state index < -0.39 is 0 Å². The second-order valence-electron chi connectivity index (χ2n) is 5.49. The summed E-state index contributed by atoms with van der Waals surface area (Å²) in [6.07, 6.45) is 4.53. The average Bonchev–Trinajstić information content (AvgIpc) is 2.77. The van der Waals surface area contributed by atoms with E-state index in [1.165, 1.54) is 12.4 Å². The zero-order valence-electron chi connectivity index (χ0n) is 16.0. The van der Waals surface area contributed by atoms with Crippen LogP contribution in [-0.4, -0.2) is 62.0 Å². The minimum Gasteiger partial charge on any atom is -0.387 e.